The number of ether oxygens (including phenoxy) is 1. The Kier molecular flexibility index (Phi) is 2.88. The van der Waals surface area contributed by atoms with E-state index in [4.69, 9.17) is 15.7 Å². The van der Waals surface area contributed by atoms with E-state index in [-0.39, 0.29) is 6.23 Å². The molecule has 80 valence electrons. The Morgan fingerprint density at radius 3 is 2.81 bits per heavy atom. The van der Waals surface area contributed by atoms with Gasteiger partial charge in [-0.15, -0.1) is 0 Å². The minimum atomic E-state index is -0.316. The van der Waals surface area contributed by atoms with Gasteiger partial charge in [-0.2, -0.15) is 5.26 Å². The quantitative estimate of drug-likeness (QED) is 0.762. The Morgan fingerprint density at radius 2 is 2.12 bits per heavy atom. The second-order valence-electron chi connectivity index (χ2n) is 3.45. The number of dihydropyridines is 1. The molecule has 1 aliphatic rings. The Balaban J connectivity index is 2.02. The predicted octanol–water partition coefficient (Wildman–Crippen LogP) is 1.90. The van der Waals surface area contributed by atoms with Crippen LogP contribution in [0.4, 0.5) is 5.69 Å². The van der Waals surface area contributed by atoms with Gasteiger partial charge in [0.05, 0.1) is 6.07 Å². The molecule has 2 N–H and O–H groups in total. The maximum atomic E-state index is 8.76. The third kappa shape index (κ3) is 2.39. The monoisotopic (exact) mass is 213 g/mol. The summed E-state index contributed by atoms with van der Waals surface area (Å²) in [5.41, 5.74) is 6.93. The Labute approximate surface area is 93.7 Å². The molecule has 0 fully saturated rings. The number of benzene rings is 1. The Bertz CT molecular complexity index is 468. The summed E-state index contributed by atoms with van der Waals surface area (Å²) in [4.78, 5) is 4.14. The average molecular weight is 213 g/mol. The first-order valence-corrected chi connectivity index (χ1v) is 4.92. The van der Waals surface area contributed by atoms with Crippen LogP contribution in [0.5, 0.6) is 5.75 Å². The summed E-state index contributed by atoms with van der Waals surface area (Å²) in [6, 6.07) is 9.21. The number of nitrogen functional groups attached to an aromatic ring is 1. The number of anilines is 1. The van der Waals surface area contributed by atoms with Crippen LogP contribution in [0.1, 0.15) is 6.42 Å². The summed E-state index contributed by atoms with van der Waals surface area (Å²) in [5, 5.41) is 8.76. The number of allylic oxidation sites excluding steroid dienone is 1. The molecule has 1 unspecified atom stereocenters. The predicted molar refractivity (Wildman–Crippen MR) is 62.1 cm³/mol. The molecular formula is C12H11N3O. The molecule has 1 aliphatic heterocycles. The van der Waals surface area contributed by atoms with E-state index in [0.717, 1.165) is 0 Å². The highest BCUT2D eigenvalue weighted by Gasteiger charge is 2.13. The van der Waals surface area contributed by atoms with E-state index in [1.165, 1.54) is 0 Å². The van der Waals surface area contributed by atoms with Crippen molar-refractivity contribution in [2.45, 2.75) is 12.6 Å². The summed E-state index contributed by atoms with van der Waals surface area (Å²) in [7, 11) is 0. The molecule has 0 bridgehead atoms. The molecule has 1 atom stereocenters. The molecule has 4 heteroatoms. The van der Waals surface area contributed by atoms with Crippen LogP contribution in [-0.4, -0.2) is 12.4 Å². The zero-order valence-electron chi connectivity index (χ0n) is 8.63. The van der Waals surface area contributed by atoms with Crippen molar-refractivity contribution < 1.29 is 4.74 Å². The standard InChI is InChI=1S/C12H11N3O/c13-8-9-5-6-15-12(7-9)16-11-3-1-10(14)2-4-11/h1-6,12H,7,14H2. The number of nitrogens with zero attached hydrogens (tertiary/aromatic N) is 2. The summed E-state index contributed by atoms with van der Waals surface area (Å²) in [5.74, 6) is 0.704. The number of hydrogen-bond acceptors (Lipinski definition) is 4. The Hall–Kier alpha value is -2.28. The van der Waals surface area contributed by atoms with Gasteiger partial charge in [0.15, 0.2) is 6.23 Å². The van der Waals surface area contributed by atoms with Gasteiger partial charge in [-0.05, 0) is 30.3 Å². The lowest BCUT2D eigenvalue weighted by Crippen LogP contribution is -2.17. The van der Waals surface area contributed by atoms with Crippen molar-refractivity contribution in [1.29, 1.82) is 5.26 Å². The first-order chi connectivity index (χ1) is 7.78. The second-order valence-corrected chi connectivity index (χ2v) is 3.45. The molecule has 0 saturated carbocycles. The largest absolute Gasteiger partial charge is 0.468 e. The van der Waals surface area contributed by atoms with Gasteiger partial charge in [-0.1, -0.05) is 0 Å². The van der Waals surface area contributed by atoms with Gasteiger partial charge >= 0.3 is 0 Å². The fourth-order valence-electron chi connectivity index (χ4n) is 1.40. The maximum absolute atomic E-state index is 8.76. The number of hydrogen-bond donors (Lipinski definition) is 1. The van der Waals surface area contributed by atoms with Crippen molar-refractivity contribution in [3.63, 3.8) is 0 Å². The van der Waals surface area contributed by atoms with E-state index < -0.39 is 0 Å². The van der Waals surface area contributed by atoms with Crippen molar-refractivity contribution in [3.05, 3.63) is 35.9 Å². The van der Waals surface area contributed by atoms with Crippen LogP contribution in [0.25, 0.3) is 0 Å². The van der Waals surface area contributed by atoms with Crippen molar-refractivity contribution >= 4 is 11.9 Å². The van der Waals surface area contributed by atoms with Crippen LogP contribution in [0.2, 0.25) is 0 Å². The molecule has 1 aromatic carbocycles. The number of nitrogens with two attached hydrogens (primary N) is 1. The van der Waals surface area contributed by atoms with Crippen LogP contribution in [0.15, 0.2) is 40.9 Å². The third-order valence-electron chi connectivity index (χ3n) is 2.22. The van der Waals surface area contributed by atoms with Crippen LogP contribution in [0.3, 0.4) is 0 Å². The van der Waals surface area contributed by atoms with Gasteiger partial charge in [-0.3, -0.25) is 4.99 Å². The number of aliphatic imine (C=N–C) groups is 1. The number of rotatable bonds is 2. The zero-order valence-corrected chi connectivity index (χ0v) is 8.63. The molecule has 2 rings (SSSR count). The summed E-state index contributed by atoms with van der Waals surface area (Å²) in [6.45, 7) is 0. The summed E-state index contributed by atoms with van der Waals surface area (Å²) < 4.78 is 5.60. The van der Waals surface area contributed by atoms with Crippen LogP contribution < -0.4 is 10.5 Å². The molecular weight excluding hydrogens is 202 g/mol. The molecule has 0 aliphatic carbocycles. The van der Waals surface area contributed by atoms with Crippen LogP contribution in [-0.2, 0) is 0 Å². The zero-order chi connectivity index (χ0) is 11.4. The van der Waals surface area contributed by atoms with Crippen LogP contribution in [0, 0.1) is 11.3 Å². The lowest BCUT2D eigenvalue weighted by molar-refractivity contribution is 0.212. The molecule has 0 amide bonds. The highest BCUT2D eigenvalue weighted by atomic mass is 16.5. The molecule has 16 heavy (non-hydrogen) atoms. The molecule has 0 saturated heterocycles. The fourth-order valence-corrected chi connectivity index (χ4v) is 1.40. The highest BCUT2D eigenvalue weighted by Crippen LogP contribution is 2.19. The van der Waals surface area contributed by atoms with Crippen LogP contribution >= 0.6 is 0 Å². The van der Waals surface area contributed by atoms with Gasteiger partial charge in [0, 0.05) is 23.9 Å². The fraction of sp³-hybridized carbons (Fsp3) is 0.167. The molecule has 0 radical (unpaired) electrons. The second kappa shape index (κ2) is 4.49. The van der Waals surface area contributed by atoms with Crippen molar-refractivity contribution in [3.8, 4) is 11.8 Å². The number of nitriles is 1. The van der Waals surface area contributed by atoms with E-state index in [2.05, 4.69) is 11.1 Å². The van der Waals surface area contributed by atoms with Gasteiger partial charge < -0.3 is 10.5 Å². The van der Waals surface area contributed by atoms with Gasteiger partial charge in [0.1, 0.15) is 5.75 Å². The molecule has 1 heterocycles. The molecule has 4 nitrogen and oxygen atoms in total. The third-order valence-corrected chi connectivity index (χ3v) is 2.22. The lowest BCUT2D eigenvalue weighted by atomic mass is 10.1. The van der Waals surface area contributed by atoms with Gasteiger partial charge in [-0.25, -0.2) is 0 Å². The maximum Gasteiger partial charge on any atom is 0.194 e. The Morgan fingerprint density at radius 1 is 1.38 bits per heavy atom. The van der Waals surface area contributed by atoms with Gasteiger partial charge in [0.25, 0.3) is 0 Å². The highest BCUT2D eigenvalue weighted by molar-refractivity contribution is 5.74. The molecule has 0 aromatic heterocycles. The SMILES string of the molecule is N#CC1=CC=NC(Oc2ccc(N)cc2)C1. The van der Waals surface area contributed by atoms with Crippen molar-refractivity contribution in [2.75, 3.05) is 5.73 Å². The smallest absolute Gasteiger partial charge is 0.194 e. The summed E-state index contributed by atoms with van der Waals surface area (Å²) in [6.07, 6.45) is 3.49. The van der Waals surface area contributed by atoms with Crippen molar-refractivity contribution in [2.24, 2.45) is 4.99 Å². The van der Waals surface area contributed by atoms with E-state index >= 15 is 0 Å². The normalized spacial score (nSPS) is 18.7. The first kappa shape index (κ1) is 10.2. The minimum Gasteiger partial charge on any atom is -0.468 e. The topological polar surface area (TPSA) is 71.4 Å². The van der Waals surface area contributed by atoms with Crippen molar-refractivity contribution in [1.82, 2.24) is 0 Å². The first-order valence-electron chi connectivity index (χ1n) is 4.92. The van der Waals surface area contributed by atoms with Gasteiger partial charge in [0.2, 0.25) is 0 Å². The van der Waals surface area contributed by atoms with E-state index in [0.29, 0.717) is 23.4 Å². The summed E-state index contributed by atoms with van der Waals surface area (Å²) >= 11 is 0. The molecule has 1 aromatic rings. The van der Waals surface area contributed by atoms with E-state index in [9.17, 15) is 0 Å². The van der Waals surface area contributed by atoms with E-state index in [1.807, 2.05) is 0 Å². The van der Waals surface area contributed by atoms with E-state index in [1.54, 1.807) is 36.6 Å². The minimum absolute atomic E-state index is 0.316. The molecule has 0 spiro atoms. The lowest BCUT2D eigenvalue weighted by Gasteiger charge is -2.16. The average Bonchev–Trinajstić information content (AvgIpc) is 2.32.